The number of rotatable bonds is 2. The first-order chi connectivity index (χ1) is 5.09. The summed E-state index contributed by atoms with van der Waals surface area (Å²) in [5.74, 6) is -0.832. The van der Waals surface area contributed by atoms with Gasteiger partial charge in [0.25, 0.3) is 0 Å². The van der Waals surface area contributed by atoms with Gasteiger partial charge in [-0.15, -0.1) is 12.6 Å². The Kier molecular flexibility index (Phi) is 2.72. The monoisotopic (exact) mass is 177 g/mol. The lowest BCUT2D eigenvalue weighted by Gasteiger charge is -2.14. The van der Waals surface area contributed by atoms with E-state index in [9.17, 15) is 4.79 Å². The molecule has 1 aliphatic rings. The van der Waals surface area contributed by atoms with Crippen LogP contribution in [0, 0.1) is 0 Å². The minimum absolute atomic E-state index is 0.0194. The van der Waals surface area contributed by atoms with Crippen LogP contribution >= 0.6 is 12.6 Å². The molecule has 0 aliphatic carbocycles. The van der Waals surface area contributed by atoms with E-state index in [0.29, 0.717) is 6.67 Å². The maximum Gasteiger partial charge on any atom is 0.317 e. The summed E-state index contributed by atoms with van der Waals surface area (Å²) in [5.41, 5.74) is 2.75. The maximum absolute atomic E-state index is 10.3. The number of nitrogens with one attached hydrogen (secondary N) is 1. The predicted octanol–water partition coefficient (Wildman–Crippen LogP) is -1.01. The molecule has 1 aliphatic heterocycles. The highest BCUT2D eigenvalue weighted by Gasteiger charge is 2.25. The first-order valence-electron chi connectivity index (χ1n) is 3.21. The molecule has 1 heterocycles. The third-order valence-electron chi connectivity index (χ3n) is 1.41. The van der Waals surface area contributed by atoms with Gasteiger partial charge in [0.15, 0.2) is 0 Å². The number of carboxylic acid groups (broad SMARTS) is 1. The van der Waals surface area contributed by atoms with Crippen molar-refractivity contribution < 1.29 is 9.90 Å². The van der Waals surface area contributed by atoms with E-state index in [1.54, 1.807) is 9.91 Å². The zero-order valence-corrected chi connectivity index (χ0v) is 7.08. The average Bonchev–Trinajstić information content (AvgIpc) is 2.09. The van der Waals surface area contributed by atoms with Crippen molar-refractivity contribution in [1.82, 2.24) is 15.3 Å². The Morgan fingerprint density at radius 2 is 2.55 bits per heavy atom. The smallest absolute Gasteiger partial charge is 0.317 e. The van der Waals surface area contributed by atoms with Crippen LogP contribution in [-0.2, 0) is 4.79 Å². The molecule has 0 saturated carbocycles. The summed E-state index contributed by atoms with van der Waals surface area (Å²) in [6.07, 6.45) is 0. The summed E-state index contributed by atoms with van der Waals surface area (Å²) in [5, 5.41) is 10.2. The lowest BCUT2D eigenvalue weighted by molar-refractivity contribution is -0.138. The summed E-state index contributed by atoms with van der Waals surface area (Å²) in [6.45, 7) is 0.603. The fraction of sp³-hybridized carbons (Fsp3) is 0.800. The second-order valence-corrected chi connectivity index (χ2v) is 2.97. The molecule has 0 aromatic heterocycles. The molecule has 64 valence electrons. The zero-order valence-electron chi connectivity index (χ0n) is 6.19. The molecule has 1 atom stereocenters. The van der Waals surface area contributed by atoms with Crippen LogP contribution in [-0.4, -0.2) is 46.7 Å². The number of thiol groups is 1. The number of carbonyl (C=O) groups is 1. The van der Waals surface area contributed by atoms with E-state index in [1.807, 2.05) is 7.05 Å². The van der Waals surface area contributed by atoms with E-state index in [1.165, 1.54) is 0 Å². The van der Waals surface area contributed by atoms with E-state index in [2.05, 4.69) is 18.1 Å². The molecule has 0 amide bonds. The Labute approximate surface area is 70.3 Å². The first kappa shape index (κ1) is 8.79. The van der Waals surface area contributed by atoms with Gasteiger partial charge < -0.3 is 5.11 Å². The fourth-order valence-corrected chi connectivity index (χ4v) is 1.33. The molecule has 0 aromatic rings. The molecule has 11 heavy (non-hydrogen) atoms. The molecular formula is C5H11N3O2S. The van der Waals surface area contributed by atoms with Crippen LogP contribution in [0.2, 0.25) is 0 Å². The van der Waals surface area contributed by atoms with Gasteiger partial charge in [0, 0.05) is 7.05 Å². The summed E-state index contributed by atoms with van der Waals surface area (Å²) in [7, 11) is 1.84. The average molecular weight is 177 g/mol. The van der Waals surface area contributed by atoms with Gasteiger partial charge in [0.05, 0.1) is 13.2 Å². The Morgan fingerprint density at radius 1 is 1.91 bits per heavy atom. The summed E-state index contributed by atoms with van der Waals surface area (Å²) in [4.78, 5) is 12.0. The van der Waals surface area contributed by atoms with Crippen molar-refractivity contribution in [3.8, 4) is 0 Å². The summed E-state index contributed by atoms with van der Waals surface area (Å²) in [6, 6.07) is 0. The number of hydrogen-bond donors (Lipinski definition) is 3. The summed E-state index contributed by atoms with van der Waals surface area (Å²) < 4.78 is 0. The van der Waals surface area contributed by atoms with Crippen molar-refractivity contribution in [1.29, 1.82) is 0 Å². The molecular weight excluding hydrogens is 166 g/mol. The molecule has 2 N–H and O–H groups in total. The third-order valence-corrected chi connectivity index (χ3v) is 1.86. The third kappa shape index (κ3) is 2.33. The van der Waals surface area contributed by atoms with Gasteiger partial charge >= 0.3 is 5.97 Å². The molecule has 0 bridgehead atoms. The van der Waals surface area contributed by atoms with Crippen molar-refractivity contribution in [2.45, 2.75) is 5.50 Å². The predicted molar refractivity (Wildman–Crippen MR) is 42.9 cm³/mol. The van der Waals surface area contributed by atoms with Gasteiger partial charge in [-0.3, -0.25) is 9.69 Å². The van der Waals surface area contributed by atoms with Gasteiger partial charge in [-0.2, -0.15) is 0 Å². The fourth-order valence-electron chi connectivity index (χ4n) is 0.980. The Morgan fingerprint density at radius 3 is 2.91 bits per heavy atom. The normalized spacial score (nSPS) is 27.6. The standard InChI is InChI=1S/C5H11N3O2S/c1-7-3-8(2-4(9)10)5(11)6-7/h5-6,11H,2-3H2,1H3,(H,9,10). The molecule has 1 rings (SSSR count). The SMILES string of the molecule is CN1CN(CC(=O)O)C(S)N1. The quantitative estimate of drug-likeness (QED) is 0.472. The number of carboxylic acids is 1. The number of hydrazine groups is 1. The van der Waals surface area contributed by atoms with Crippen LogP contribution in [0.4, 0.5) is 0 Å². The van der Waals surface area contributed by atoms with Crippen LogP contribution in [0.15, 0.2) is 0 Å². The van der Waals surface area contributed by atoms with Crippen LogP contribution < -0.4 is 5.43 Å². The minimum Gasteiger partial charge on any atom is -0.480 e. The lowest BCUT2D eigenvalue weighted by atomic mass is 10.6. The zero-order chi connectivity index (χ0) is 8.43. The lowest BCUT2D eigenvalue weighted by Crippen LogP contribution is -2.34. The molecule has 0 radical (unpaired) electrons. The molecule has 0 aromatic carbocycles. The Hall–Kier alpha value is -0.300. The van der Waals surface area contributed by atoms with Gasteiger partial charge in [-0.25, -0.2) is 10.4 Å². The minimum atomic E-state index is -0.832. The number of nitrogens with zero attached hydrogens (tertiary/aromatic N) is 2. The van der Waals surface area contributed by atoms with Crippen LogP contribution in [0.5, 0.6) is 0 Å². The van der Waals surface area contributed by atoms with E-state index >= 15 is 0 Å². The van der Waals surface area contributed by atoms with Crippen LogP contribution in [0.1, 0.15) is 0 Å². The second kappa shape index (κ2) is 3.40. The van der Waals surface area contributed by atoms with Crippen molar-refractivity contribution in [3.63, 3.8) is 0 Å². The van der Waals surface area contributed by atoms with Crippen LogP contribution in [0.25, 0.3) is 0 Å². The van der Waals surface area contributed by atoms with E-state index in [-0.39, 0.29) is 12.0 Å². The van der Waals surface area contributed by atoms with E-state index in [4.69, 9.17) is 5.11 Å². The molecule has 5 nitrogen and oxygen atoms in total. The van der Waals surface area contributed by atoms with Crippen molar-refractivity contribution in [2.24, 2.45) is 0 Å². The van der Waals surface area contributed by atoms with Gasteiger partial charge in [0.2, 0.25) is 0 Å². The highest BCUT2D eigenvalue weighted by atomic mass is 32.1. The van der Waals surface area contributed by atoms with Gasteiger partial charge in [-0.05, 0) is 0 Å². The Bertz CT molecular complexity index is 166. The summed E-state index contributed by atoms with van der Waals surface area (Å²) >= 11 is 4.13. The molecule has 1 saturated heterocycles. The second-order valence-electron chi connectivity index (χ2n) is 2.48. The maximum atomic E-state index is 10.3. The van der Waals surface area contributed by atoms with E-state index < -0.39 is 5.97 Å². The van der Waals surface area contributed by atoms with E-state index in [0.717, 1.165) is 0 Å². The number of hydrogen-bond acceptors (Lipinski definition) is 5. The molecule has 0 spiro atoms. The number of aliphatic carboxylic acids is 1. The van der Waals surface area contributed by atoms with Crippen LogP contribution in [0.3, 0.4) is 0 Å². The molecule has 1 unspecified atom stereocenters. The van der Waals surface area contributed by atoms with Gasteiger partial charge in [0.1, 0.15) is 5.50 Å². The largest absolute Gasteiger partial charge is 0.480 e. The van der Waals surface area contributed by atoms with Crippen molar-refractivity contribution in [3.05, 3.63) is 0 Å². The Balaban J connectivity index is 2.40. The highest BCUT2D eigenvalue weighted by Crippen LogP contribution is 2.07. The molecule has 1 fully saturated rings. The van der Waals surface area contributed by atoms with Crippen molar-refractivity contribution >= 4 is 18.6 Å². The highest BCUT2D eigenvalue weighted by molar-refractivity contribution is 7.80. The first-order valence-corrected chi connectivity index (χ1v) is 3.72. The molecule has 6 heteroatoms. The van der Waals surface area contributed by atoms with Crippen molar-refractivity contribution in [2.75, 3.05) is 20.3 Å². The van der Waals surface area contributed by atoms with Gasteiger partial charge in [-0.1, -0.05) is 0 Å². The topological polar surface area (TPSA) is 55.8 Å².